The Labute approximate surface area is 190 Å². The molecule has 2 saturated heterocycles. The van der Waals surface area contributed by atoms with Crippen molar-refractivity contribution in [2.24, 2.45) is 5.92 Å². The first-order chi connectivity index (χ1) is 15.0. The first-order valence-electron chi connectivity index (χ1n) is 10.7. The molecule has 0 spiro atoms. The summed E-state index contributed by atoms with van der Waals surface area (Å²) in [7, 11) is 0. The molecular weight excluding hydrogens is 458 g/mol. The molecule has 6 nitrogen and oxygen atoms in total. The topological polar surface area (TPSA) is 60.9 Å². The number of hydrogen-bond donors (Lipinski definition) is 0. The minimum absolute atomic E-state index is 0.00213. The van der Waals surface area contributed by atoms with Crippen LogP contribution in [0.3, 0.4) is 0 Å². The number of nitrogens with zero attached hydrogens (tertiary/aromatic N) is 3. The third kappa shape index (κ3) is 4.51. The summed E-state index contributed by atoms with van der Waals surface area (Å²) in [5.41, 5.74) is 2.68. The molecule has 0 bridgehead atoms. The molecule has 2 fully saturated rings. The third-order valence-electron chi connectivity index (χ3n) is 6.11. The maximum absolute atomic E-state index is 13.1. The van der Waals surface area contributed by atoms with Crippen LogP contribution in [0, 0.1) is 5.92 Å². The second kappa shape index (κ2) is 9.22. The molecular formula is C24H26BrN3O3. The summed E-state index contributed by atoms with van der Waals surface area (Å²) in [6, 6.07) is 15.3. The van der Waals surface area contributed by atoms with E-state index in [0.717, 1.165) is 16.6 Å². The van der Waals surface area contributed by atoms with E-state index in [1.165, 1.54) is 5.56 Å². The van der Waals surface area contributed by atoms with Crippen molar-refractivity contribution in [3.63, 3.8) is 0 Å². The van der Waals surface area contributed by atoms with Crippen LogP contribution in [-0.4, -0.2) is 60.2 Å². The van der Waals surface area contributed by atoms with Gasteiger partial charge in [0.25, 0.3) is 5.91 Å². The Morgan fingerprint density at radius 2 is 1.61 bits per heavy atom. The van der Waals surface area contributed by atoms with Crippen molar-refractivity contribution in [3.8, 4) is 0 Å². The molecule has 2 aromatic rings. The molecule has 4 rings (SSSR count). The van der Waals surface area contributed by atoms with Crippen LogP contribution in [0.1, 0.15) is 29.3 Å². The van der Waals surface area contributed by atoms with E-state index in [1.807, 2.05) is 48.5 Å². The van der Waals surface area contributed by atoms with Gasteiger partial charge in [0.1, 0.15) is 0 Å². The lowest BCUT2D eigenvalue weighted by atomic mass is 10.1. The van der Waals surface area contributed by atoms with E-state index < -0.39 is 0 Å². The van der Waals surface area contributed by atoms with Gasteiger partial charge in [0.05, 0.1) is 11.6 Å². The highest BCUT2D eigenvalue weighted by atomic mass is 79.9. The van der Waals surface area contributed by atoms with Crippen LogP contribution in [0.5, 0.6) is 0 Å². The Kier molecular flexibility index (Phi) is 6.41. The standard InChI is InChI=1S/C24H26BrN3O3/c1-2-17-7-9-18(10-8-17)23(30)26-11-13-27(14-12-26)24(31)19-15-22(29)28(16-19)21-6-4-3-5-20(21)25/h3-10,19H,2,11-16H2,1H3. The van der Waals surface area contributed by atoms with Crippen LogP contribution in [0.25, 0.3) is 0 Å². The van der Waals surface area contributed by atoms with Gasteiger partial charge < -0.3 is 14.7 Å². The van der Waals surface area contributed by atoms with Gasteiger partial charge in [-0.05, 0) is 52.2 Å². The van der Waals surface area contributed by atoms with Gasteiger partial charge in [-0.25, -0.2) is 0 Å². The van der Waals surface area contributed by atoms with Crippen molar-refractivity contribution in [3.05, 3.63) is 64.1 Å². The van der Waals surface area contributed by atoms with Gasteiger partial charge in [-0.1, -0.05) is 31.2 Å². The lowest BCUT2D eigenvalue weighted by Gasteiger charge is -2.36. The van der Waals surface area contributed by atoms with Crippen LogP contribution in [0.4, 0.5) is 5.69 Å². The van der Waals surface area contributed by atoms with E-state index in [4.69, 9.17) is 0 Å². The first kappa shape index (κ1) is 21.6. The summed E-state index contributed by atoms with van der Waals surface area (Å²) < 4.78 is 0.843. The third-order valence-corrected chi connectivity index (χ3v) is 6.78. The molecule has 0 saturated carbocycles. The largest absolute Gasteiger partial charge is 0.339 e. The smallest absolute Gasteiger partial charge is 0.253 e. The number of para-hydroxylation sites is 1. The average Bonchev–Trinajstić information content (AvgIpc) is 3.20. The number of amides is 3. The number of halogens is 1. The van der Waals surface area contributed by atoms with E-state index in [0.29, 0.717) is 38.3 Å². The zero-order valence-corrected chi connectivity index (χ0v) is 19.2. The summed E-state index contributed by atoms with van der Waals surface area (Å²) in [5.74, 6) is -0.369. The fourth-order valence-corrected chi connectivity index (χ4v) is 4.73. The fourth-order valence-electron chi connectivity index (χ4n) is 4.23. The summed E-state index contributed by atoms with van der Waals surface area (Å²) in [6.45, 7) is 4.49. The molecule has 2 aliphatic heterocycles. The van der Waals surface area contributed by atoms with Crippen LogP contribution in [-0.2, 0) is 16.0 Å². The minimum Gasteiger partial charge on any atom is -0.339 e. The molecule has 0 aliphatic carbocycles. The molecule has 31 heavy (non-hydrogen) atoms. The highest BCUT2D eigenvalue weighted by Crippen LogP contribution is 2.32. The van der Waals surface area contributed by atoms with Crippen molar-refractivity contribution in [1.82, 2.24) is 9.80 Å². The quantitative estimate of drug-likeness (QED) is 0.669. The molecule has 7 heteroatoms. The Hall–Kier alpha value is -2.67. The molecule has 1 unspecified atom stereocenters. The SMILES string of the molecule is CCc1ccc(C(=O)N2CCN(C(=O)C3CC(=O)N(c4ccccc4Br)C3)CC2)cc1. The molecule has 2 aliphatic rings. The normalized spacial score (nSPS) is 19.1. The number of hydrogen-bond acceptors (Lipinski definition) is 3. The lowest BCUT2D eigenvalue weighted by molar-refractivity contribution is -0.137. The Balaban J connectivity index is 1.34. The van der Waals surface area contributed by atoms with Crippen molar-refractivity contribution in [2.45, 2.75) is 19.8 Å². The Morgan fingerprint density at radius 3 is 2.26 bits per heavy atom. The second-order valence-electron chi connectivity index (χ2n) is 8.02. The molecule has 0 radical (unpaired) electrons. The lowest BCUT2D eigenvalue weighted by Crippen LogP contribution is -2.52. The highest BCUT2D eigenvalue weighted by molar-refractivity contribution is 9.10. The summed E-state index contributed by atoms with van der Waals surface area (Å²) in [4.78, 5) is 43.7. The van der Waals surface area contributed by atoms with Gasteiger partial charge in [0.2, 0.25) is 11.8 Å². The fraction of sp³-hybridized carbons (Fsp3) is 0.375. The zero-order valence-electron chi connectivity index (χ0n) is 17.6. The van der Waals surface area contributed by atoms with Gasteiger partial charge in [0.15, 0.2) is 0 Å². The van der Waals surface area contributed by atoms with Gasteiger partial charge in [-0.15, -0.1) is 0 Å². The maximum atomic E-state index is 13.1. The summed E-state index contributed by atoms with van der Waals surface area (Å²) in [5, 5.41) is 0. The van der Waals surface area contributed by atoms with Gasteiger partial charge in [0, 0.05) is 49.2 Å². The van der Waals surface area contributed by atoms with Gasteiger partial charge in [-0.2, -0.15) is 0 Å². The van der Waals surface area contributed by atoms with Gasteiger partial charge in [-0.3, -0.25) is 14.4 Å². The zero-order chi connectivity index (χ0) is 22.0. The molecule has 162 valence electrons. The molecule has 3 amide bonds. The average molecular weight is 484 g/mol. The molecule has 0 aromatic heterocycles. The van der Waals surface area contributed by atoms with Crippen molar-refractivity contribution in [1.29, 1.82) is 0 Å². The minimum atomic E-state index is -0.344. The van der Waals surface area contributed by atoms with Crippen LogP contribution in [0.2, 0.25) is 0 Å². The van der Waals surface area contributed by atoms with E-state index in [-0.39, 0.29) is 30.1 Å². The molecule has 1 atom stereocenters. The number of rotatable bonds is 4. The number of benzene rings is 2. The highest BCUT2D eigenvalue weighted by Gasteiger charge is 2.38. The van der Waals surface area contributed by atoms with E-state index in [9.17, 15) is 14.4 Å². The monoisotopic (exact) mass is 483 g/mol. The number of carbonyl (C=O) groups is 3. The van der Waals surface area contributed by atoms with E-state index >= 15 is 0 Å². The molecule has 0 N–H and O–H groups in total. The van der Waals surface area contributed by atoms with Crippen molar-refractivity contribution < 1.29 is 14.4 Å². The Morgan fingerprint density at radius 1 is 0.968 bits per heavy atom. The summed E-state index contributed by atoms with van der Waals surface area (Å²) >= 11 is 3.49. The van der Waals surface area contributed by atoms with Crippen molar-refractivity contribution >= 4 is 39.3 Å². The van der Waals surface area contributed by atoms with E-state index in [1.54, 1.807) is 14.7 Å². The van der Waals surface area contributed by atoms with Crippen LogP contribution < -0.4 is 4.90 Å². The first-order valence-corrected chi connectivity index (χ1v) is 11.5. The molecule has 2 aromatic carbocycles. The predicted octanol–water partition coefficient (Wildman–Crippen LogP) is 3.35. The van der Waals surface area contributed by atoms with Gasteiger partial charge >= 0.3 is 0 Å². The number of aryl methyl sites for hydroxylation is 1. The van der Waals surface area contributed by atoms with Crippen LogP contribution in [0.15, 0.2) is 53.0 Å². The summed E-state index contributed by atoms with van der Waals surface area (Å²) in [6.07, 6.45) is 1.17. The van der Waals surface area contributed by atoms with Crippen molar-refractivity contribution in [2.75, 3.05) is 37.6 Å². The van der Waals surface area contributed by atoms with Crippen LogP contribution >= 0.6 is 15.9 Å². The number of piperazine rings is 1. The maximum Gasteiger partial charge on any atom is 0.253 e. The number of carbonyl (C=O) groups excluding carboxylic acids is 3. The Bertz CT molecular complexity index is 984. The second-order valence-corrected chi connectivity index (χ2v) is 8.88. The van der Waals surface area contributed by atoms with E-state index in [2.05, 4.69) is 22.9 Å². The molecule has 2 heterocycles. The number of anilines is 1. The predicted molar refractivity (Wildman–Crippen MR) is 123 cm³/mol.